The van der Waals surface area contributed by atoms with Crippen LogP contribution >= 0.6 is 0 Å². The first-order chi connectivity index (χ1) is 4.47. The Kier molecular flexibility index (Phi) is 1.41. The zero-order valence-corrected chi connectivity index (χ0v) is 5.30. The van der Waals surface area contributed by atoms with Crippen molar-refractivity contribution in [2.45, 2.75) is 12.1 Å². The fraction of sp³-hybridized carbons (Fsp3) is 1.00. The molecule has 0 aromatic rings. The molecule has 0 aliphatic carbocycles. The lowest BCUT2D eigenvalue weighted by molar-refractivity contribution is 0.0115. The number of morpholine rings is 1. The molecule has 0 bridgehead atoms. The van der Waals surface area contributed by atoms with Gasteiger partial charge in [0.05, 0.1) is 32.0 Å². The highest BCUT2D eigenvalue weighted by molar-refractivity contribution is 4.84. The molecule has 0 amide bonds. The molecule has 1 unspecified atom stereocenters. The summed E-state index contributed by atoms with van der Waals surface area (Å²) in [6, 6.07) is 0.471. The van der Waals surface area contributed by atoms with Crippen molar-refractivity contribution in [2.75, 3.05) is 26.4 Å². The summed E-state index contributed by atoms with van der Waals surface area (Å²) in [6.07, 6.45) is 0.332. The standard InChI is InChI=1S/C6H11NO2/c1-2-9-6-4-8-3-5(6)7-1/h5-7H,1-4H2/t5-,6?/m1/s1. The minimum absolute atomic E-state index is 0.332. The van der Waals surface area contributed by atoms with E-state index in [1.165, 1.54) is 0 Å². The minimum atomic E-state index is 0.332. The van der Waals surface area contributed by atoms with Crippen LogP contribution in [0.2, 0.25) is 0 Å². The molecule has 2 rings (SSSR count). The van der Waals surface area contributed by atoms with Crippen LogP contribution in [0.3, 0.4) is 0 Å². The van der Waals surface area contributed by atoms with Crippen LogP contribution in [-0.4, -0.2) is 38.5 Å². The molecule has 2 heterocycles. The Bertz CT molecular complexity index is 95.2. The number of ether oxygens (including phenoxy) is 2. The molecule has 1 N–H and O–H groups in total. The van der Waals surface area contributed by atoms with Gasteiger partial charge < -0.3 is 14.8 Å². The maximum Gasteiger partial charge on any atom is 0.0984 e. The van der Waals surface area contributed by atoms with Gasteiger partial charge >= 0.3 is 0 Å². The Labute approximate surface area is 54.3 Å². The second kappa shape index (κ2) is 2.25. The summed E-state index contributed by atoms with van der Waals surface area (Å²) in [5.74, 6) is 0. The van der Waals surface area contributed by atoms with Gasteiger partial charge in [-0.15, -0.1) is 0 Å². The molecule has 2 atom stereocenters. The van der Waals surface area contributed by atoms with E-state index in [9.17, 15) is 0 Å². The van der Waals surface area contributed by atoms with E-state index in [0.29, 0.717) is 12.1 Å². The summed E-state index contributed by atoms with van der Waals surface area (Å²) in [4.78, 5) is 0. The van der Waals surface area contributed by atoms with Crippen LogP contribution in [-0.2, 0) is 9.47 Å². The maximum atomic E-state index is 5.41. The zero-order chi connectivity index (χ0) is 6.10. The fourth-order valence-electron chi connectivity index (χ4n) is 1.34. The van der Waals surface area contributed by atoms with E-state index in [1.807, 2.05) is 0 Å². The van der Waals surface area contributed by atoms with E-state index in [2.05, 4.69) is 5.32 Å². The molecule has 3 nitrogen and oxygen atoms in total. The molecule has 3 heteroatoms. The minimum Gasteiger partial charge on any atom is -0.377 e. The first-order valence-corrected chi connectivity index (χ1v) is 3.39. The fourth-order valence-corrected chi connectivity index (χ4v) is 1.34. The highest BCUT2D eigenvalue weighted by Gasteiger charge is 2.30. The number of hydrogen-bond acceptors (Lipinski definition) is 3. The summed E-state index contributed by atoms with van der Waals surface area (Å²) in [5, 5.41) is 3.33. The van der Waals surface area contributed by atoms with Crippen LogP contribution < -0.4 is 5.32 Å². The van der Waals surface area contributed by atoms with Crippen molar-refractivity contribution in [3.63, 3.8) is 0 Å². The van der Waals surface area contributed by atoms with E-state index >= 15 is 0 Å². The molecule has 0 spiro atoms. The van der Waals surface area contributed by atoms with Crippen LogP contribution in [0.4, 0.5) is 0 Å². The van der Waals surface area contributed by atoms with Crippen molar-refractivity contribution in [3.8, 4) is 0 Å². The average Bonchev–Trinajstić information content (AvgIpc) is 2.33. The monoisotopic (exact) mass is 129 g/mol. The van der Waals surface area contributed by atoms with Crippen molar-refractivity contribution in [1.29, 1.82) is 0 Å². The number of fused-ring (bicyclic) bond motifs is 1. The number of hydrogen-bond donors (Lipinski definition) is 1. The van der Waals surface area contributed by atoms with Crippen LogP contribution in [0.1, 0.15) is 0 Å². The molecule has 2 aliphatic heterocycles. The molecule has 2 aliphatic rings. The molecule has 0 aromatic heterocycles. The van der Waals surface area contributed by atoms with Crippen molar-refractivity contribution in [1.82, 2.24) is 5.32 Å². The number of rotatable bonds is 0. The Hall–Kier alpha value is -0.120. The molecule has 0 aromatic carbocycles. The Balaban J connectivity index is 1.97. The van der Waals surface area contributed by atoms with Crippen LogP contribution in [0.25, 0.3) is 0 Å². The Morgan fingerprint density at radius 2 is 2.33 bits per heavy atom. The molecular formula is C6H11NO2. The van der Waals surface area contributed by atoms with Gasteiger partial charge in [0, 0.05) is 6.54 Å². The summed E-state index contributed by atoms with van der Waals surface area (Å²) < 4.78 is 10.6. The van der Waals surface area contributed by atoms with Gasteiger partial charge in [-0.1, -0.05) is 0 Å². The van der Waals surface area contributed by atoms with Gasteiger partial charge in [0.15, 0.2) is 0 Å². The summed E-state index contributed by atoms with van der Waals surface area (Å²) >= 11 is 0. The predicted octanol–water partition coefficient (Wildman–Crippen LogP) is -0.626. The van der Waals surface area contributed by atoms with E-state index < -0.39 is 0 Å². The van der Waals surface area contributed by atoms with Gasteiger partial charge in [-0.2, -0.15) is 0 Å². The predicted molar refractivity (Wildman–Crippen MR) is 32.3 cm³/mol. The van der Waals surface area contributed by atoms with Crippen molar-refractivity contribution < 1.29 is 9.47 Å². The lowest BCUT2D eigenvalue weighted by atomic mass is 10.2. The normalized spacial score (nSPS) is 42.7. The zero-order valence-electron chi connectivity index (χ0n) is 5.30. The quantitative estimate of drug-likeness (QED) is 0.472. The van der Waals surface area contributed by atoms with Crippen LogP contribution in [0.5, 0.6) is 0 Å². The third-order valence-corrected chi connectivity index (χ3v) is 1.87. The molecule has 52 valence electrons. The summed E-state index contributed by atoms with van der Waals surface area (Å²) in [7, 11) is 0. The SMILES string of the molecule is C1COC2COC[C@H]2N1. The number of nitrogens with one attached hydrogen (secondary N) is 1. The van der Waals surface area contributed by atoms with Gasteiger partial charge in [-0.05, 0) is 0 Å². The van der Waals surface area contributed by atoms with Crippen molar-refractivity contribution in [3.05, 3.63) is 0 Å². The summed E-state index contributed by atoms with van der Waals surface area (Å²) in [5.41, 5.74) is 0. The first-order valence-electron chi connectivity index (χ1n) is 3.39. The largest absolute Gasteiger partial charge is 0.377 e. The molecule has 2 saturated heterocycles. The van der Waals surface area contributed by atoms with E-state index in [1.54, 1.807) is 0 Å². The van der Waals surface area contributed by atoms with Gasteiger partial charge in [0.1, 0.15) is 0 Å². The summed E-state index contributed by atoms with van der Waals surface area (Å²) in [6.45, 7) is 3.41. The van der Waals surface area contributed by atoms with Gasteiger partial charge in [-0.25, -0.2) is 0 Å². The third-order valence-electron chi connectivity index (χ3n) is 1.87. The highest BCUT2D eigenvalue weighted by atomic mass is 16.5. The Morgan fingerprint density at radius 1 is 1.33 bits per heavy atom. The lowest BCUT2D eigenvalue weighted by Gasteiger charge is -2.24. The lowest BCUT2D eigenvalue weighted by Crippen LogP contribution is -2.47. The van der Waals surface area contributed by atoms with Crippen molar-refractivity contribution >= 4 is 0 Å². The maximum absolute atomic E-state index is 5.41. The van der Waals surface area contributed by atoms with E-state index in [-0.39, 0.29) is 0 Å². The second-order valence-electron chi connectivity index (χ2n) is 2.51. The first kappa shape index (κ1) is 5.65. The topological polar surface area (TPSA) is 30.5 Å². The molecule has 0 saturated carbocycles. The van der Waals surface area contributed by atoms with Crippen molar-refractivity contribution in [2.24, 2.45) is 0 Å². The van der Waals surface area contributed by atoms with Crippen LogP contribution in [0, 0.1) is 0 Å². The second-order valence-corrected chi connectivity index (χ2v) is 2.51. The molecular weight excluding hydrogens is 118 g/mol. The van der Waals surface area contributed by atoms with Gasteiger partial charge in [0.2, 0.25) is 0 Å². The average molecular weight is 129 g/mol. The van der Waals surface area contributed by atoms with Crippen LogP contribution in [0.15, 0.2) is 0 Å². The van der Waals surface area contributed by atoms with E-state index in [4.69, 9.17) is 9.47 Å². The highest BCUT2D eigenvalue weighted by Crippen LogP contribution is 2.11. The molecule has 0 radical (unpaired) electrons. The Morgan fingerprint density at radius 3 is 3.22 bits per heavy atom. The van der Waals surface area contributed by atoms with Gasteiger partial charge in [0.25, 0.3) is 0 Å². The molecule has 2 fully saturated rings. The molecule has 9 heavy (non-hydrogen) atoms. The smallest absolute Gasteiger partial charge is 0.0984 e. The van der Waals surface area contributed by atoms with E-state index in [0.717, 1.165) is 26.4 Å². The van der Waals surface area contributed by atoms with Gasteiger partial charge in [-0.3, -0.25) is 0 Å². The third kappa shape index (κ3) is 0.956.